The van der Waals surface area contributed by atoms with Crippen LogP contribution < -0.4 is 51.4 Å². The molecule has 1 rings (SSSR count). The van der Waals surface area contributed by atoms with Crippen molar-refractivity contribution in [3.63, 3.8) is 0 Å². The van der Waals surface area contributed by atoms with Crippen LogP contribution in [0.2, 0.25) is 0 Å². The van der Waals surface area contributed by atoms with E-state index < -0.39 is 17.5 Å². The molecule has 0 aromatic heterocycles. The fourth-order valence-electron chi connectivity index (χ4n) is 0.800. The van der Waals surface area contributed by atoms with Gasteiger partial charge in [0.15, 0.2) is 11.3 Å². The molecule has 0 fully saturated rings. The Labute approximate surface area is 119 Å². The molecule has 1 aliphatic heterocycles. The zero-order chi connectivity index (χ0) is 9.14. The summed E-state index contributed by atoms with van der Waals surface area (Å²) in [6, 6.07) is 0. The first-order valence-electron chi connectivity index (χ1n) is 3.43. The minimum atomic E-state index is -0.836. The van der Waals surface area contributed by atoms with Gasteiger partial charge in [-0.3, -0.25) is 0 Å². The topological polar surface area (TPSA) is 72.8 Å². The van der Waals surface area contributed by atoms with Crippen molar-refractivity contribution in [2.75, 3.05) is 13.2 Å². The molecule has 0 aliphatic carbocycles. The van der Waals surface area contributed by atoms with Crippen molar-refractivity contribution in [1.82, 2.24) is 0 Å². The molecular weight excluding hydrogens is 203 g/mol. The third-order valence-electron chi connectivity index (χ3n) is 1.31. The molecule has 0 aromatic carbocycles. The van der Waals surface area contributed by atoms with E-state index in [2.05, 4.69) is 9.47 Å². The Morgan fingerprint density at radius 3 is 2.77 bits per heavy atom. The molecule has 0 spiro atoms. The van der Waals surface area contributed by atoms with Gasteiger partial charge in [0, 0.05) is 0 Å². The number of ether oxygens (including phenoxy) is 2. The van der Waals surface area contributed by atoms with Crippen LogP contribution in [0.15, 0.2) is 11.3 Å². The standard InChI is InChI=1S/C7H8O5.K.H/c1-2-11-6(9)5-4(8)3-12-7(5)10;;/h8H,2-3H2,1H3;;/q;+1;-1. The molecule has 0 saturated heterocycles. The van der Waals surface area contributed by atoms with Gasteiger partial charge in [0.25, 0.3) is 0 Å². The molecule has 13 heavy (non-hydrogen) atoms. The Balaban J connectivity index is 0. The third kappa shape index (κ3) is 3.06. The summed E-state index contributed by atoms with van der Waals surface area (Å²) in [5, 5.41) is 8.99. The van der Waals surface area contributed by atoms with Crippen LogP contribution in [0.1, 0.15) is 8.35 Å². The molecular formula is C7H9KO5. The van der Waals surface area contributed by atoms with Crippen molar-refractivity contribution >= 4 is 11.9 Å². The van der Waals surface area contributed by atoms with Gasteiger partial charge < -0.3 is 16.0 Å². The van der Waals surface area contributed by atoms with Gasteiger partial charge in [-0.1, -0.05) is 0 Å². The molecule has 0 bridgehead atoms. The van der Waals surface area contributed by atoms with E-state index in [0.717, 1.165) is 0 Å². The smallest absolute Gasteiger partial charge is 1.00 e. The second kappa shape index (κ2) is 5.76. The van der Waals surface area contributed by atoms with Crippen molar-refractivity contribution in [2.24, 2.45) is 0 Å². The van der Waals surface area contributed by atoms with Crippen LogP contribution in [0.5, 0.6) is 0 Å². The number of esters is 2. The molecule has 68 valence electrons. The largest absolute Gasteiger partial charge is 1.00 e. The molecule has 0 amide bonds. The van der Waals surface area contributed by atoms with Gasteiger partial charge in [0.2, 0.25) is 0 Å². The summed E-state index contributed by atoms with van der Waals surface area (Å²) >= 11 is 0. The van der Waals surface area contributed by atoms with Gasteiger partial charge in [0.05, 0.1) is 6.61 Å². The van der Waals surface area contributed by atoms with Crippen LogP contribution in [-0.4, -0.2) is 30.3 Å². The second-order valence-corrected chi connectivity index (χ2v) is 2.12. The van der Waals surface area contributed by atoms with Gasteiger partial charge in [-0.15, -0.1) is 0 Å². The first-order chi connectivity index (χ1) is 5.66. The number of rotatable bonds is 2. The molecule has 0 aromatic rings. The number of aliphatic hydroxyl groups is 1. The molecule has 1 aliphatic rings. The normalized spacial score (nSPS) is 15.0. The Morgan fingerprint density at radius 1 is 1.77 bits per heavy atom. The van der Waals surface area contributed by atoms with Crippen LogP contribution in [0.4, 0.5) is 0 Å². The maximum atomic E-state index is 10.9. The second-order valence-electron chi connectivity index (χ2n) is 2.12. The van der Waals surface area contributed by atoms with Gasteiger partial charge in [0.1, 0.15) is 6.61 Å². The number of carbonyl (C=O) groups is 2. The van der Waals surface area contributed by atoms with Gasteiger partial charge in [-0.2, -0.15) is 0 Å². The molecule has 6 heteroatoms. The summed E-state index contributed by atoms with van der Waals surface area (Å²) in [7, 11) is 0. The first kappa shape index (κ1) is 13.1. The van der Waals surface area contributed by atoms with Gasteiger partial charge >= 0.3 is 63.3 Å². The maximum Gasteiger partial charge on any atom is 1.00 e. The van der Waals surface area contributed by atoms with E-state index in [4.69, 9.17) is 5.11 Å². The summed E-state index contributed by atoms with van der Waals surface area (Å²) in [5.41, 5.74) is -0.392. The molecule has 0 unspecified atom stereocenters. The van der Waals surface area contributed by atoms with E-state index >= 15 is 0 Å². The SMILES string of the molecule is CCOC(=O)C1=C(O)COC1=O.[H-].[K+]. The van der Waals surface area contributed by atoms with Crippen LogP contribution in [-0.2, 0) is 19.1 Å². The molecule has 5 nitrogen and oxygen atoms in total. The molecule has 1 N–H and O–H groups in total. The summed E-state index contributed by atoms with van der Waals surface area (Å²) in [6.07, 6.45) is 0. The number of aliphatic hydroxyl groups excluding tert-OH is 1. The summed E-state index contributed by atoms with van der Waals surface area (Å²) in [4.78, 5) is 21.7. The maximum absolute atomic E-state index is 10.9. The van der Waals surface area contributed by atoms with E-state index in [-0.39, 0.29) is 71.8 Å². The van der Waals surface area contributed by atoms with E-state index in [1.54, 1.807) is 6.92 Å². The van der Waals surface area contributed by atoms with Gasteiger partial charge in [-0.25, -0.2) is 9.59 Å². The van der Waals surface area contributed by atoms with Crippen LogP contribution in [0, 0.1) is 0 Å². The minimum absolute atomic E-state index is 0. The zero-order valence-corrected chi connectivity index (χ0v) is 10.6. The van der Waals surface area contributed by atoms with E-state index in [1.807, 2.05) is 0 Å². The average Bonchev–Trinajstić information content (AvgIpc) is 2.32. The van der Waals surface area contributed by atoms with E-state index in [9.17, 15) is 9.59 Å². The summed E-state index contributed by atoms with van der Waals surface area (Å²) in [6.45, 7) is 1.52. The van der Waals surface area contributed by atoms with Crippen molar-refractivity contribution in [3.05, 3.63) is 11.3 Å². The predicted octanol–water partition coefficient (Wildman–Crippen LogP) is -2.97. The van der Waals surface area contributed by atoms with E-state index in [1.165, 1.54) is 0 Å². The van der Waals surface area contributed by atoms with Crippen LogP contribution in [0.25, 0.3) is 0 Å². The zero-order valence-electron chi connectivity index (χ0n) is 8.49. The van der Waals surface area contributed by atoms with Crippen LogP contribution in [0.3, 0.4) is 0 Å². The minimum Gasteiger partial charge on any atom is -1.00 e. The van der Waals surface area contributed by atoms with Crippen molar-refractivity contribution in [1.29, 1.82) is 0 Å². The number of hydrogen-bond acceptors (Lipinski definition) is 5. The number of cyclic esters (lactones) is 1. The van der Waals surface area contributed by atoms with Crippen molar-refractivity contribution < 1.29 is 77.0 Å². The Kier molecular flexibility index (Phi) is 5.82. The predicted molar refractivity (Wildman–Crippen MR) is 38.4 cm³/mol. The quantitative estimate of drug-likeness (QED) is 0.301. The Bertz CT molecular complexity index is 263. The first-order valence-corrected chi connectivity index (χ1v) is 3.43. The summed E-state index contributed by atoms with van der Waals surface area (Å²) in [5.74, 6) is -2.03. The Morgan fingerprint density at radius 2 is 2.38 bits per heavy atom. The fourth-order valence-corrected chi connectivity index (χ4v) is 0.800. The molecule has 0 saturated carbocycles. The average molecular weight is 212 g/mol. The number of hydrogen-bond donors (Lipinski definition) is 1. The van der Waals surface area contributed by atoms with Crippen LogP contribution >= 0.6 is 0 Å². The third-order valence-corrected chi connectivity index (χ3v) is 1.31. The van der Waals surface area contributed by atoms with Crippen molar-refractivity contribution in [3.8, 4) is 0 Å². The molecule has 1 heterocycles. The monoisotopic (exact) mass is 212 g/mol. The molecule has 0 radical (unpaired) electrons. The number of carbonyl (C=O) groups excluding carboxylic acids is 2. The Hall–Kier alpha value is 0.116. The summed E-state index contributed by atoms with van der Waals surface area (Å²) < 4.78 is 8.89. The fraction of sp³-hybridized carbons (Fsp3) is 0.429. The van der Waals surface area contributed by atoms with E-state index in [0.29, 0.717) is 0 Å². The van der Waals surface area contributed by atoms with Gasteiger partial charge in [-0.05, 0) is 6.92 Å². The van der Waals surface area contributed by atoms with Crippen molar-refractivity contribution in [2.45, 2.75) is 6.92 Å². The molecule has 0 atom stereocenters.